The second-order valence-electron chi connectivity index (χ2n) is 8.39. The molecule has 0 spiro atoms. The second-order valence-corrected chi connectivity index (χ2v) is 8.39. The molecule has 0 atom stereocenters. The zero-order valence-corrected chi connectivity index (χ0v) is 20.1. The van der Waals surface area contributed by atoms with Gasteiger partial charge >= 0.3 is 12.1 Å². The summed E-state index contributed by atoms with van der Waals surface area (Å²) in [6, 6.07) is 14.4. The number of hydrogen-bond donors (Lipinski definition) is 0. The molecule has 0 N–H and O–H groups in total. The largest absolute Gasteiger partial charge is 0.488 e. The Morgan fingerprint density at radius 3 is 2.35 bits per heavy atom. The first kappa shape index (κ1) is 25.9. The first-order chi connectivity index (χ1) is 17.5. The first-order valence-corrected chi connectivity index (χ1v) is 11.2. The van der Waals surface area contributed by atoms with E-state index in [1.807, 2.05) is 0 Å². The van der Waals surface area contributed by atoms with Gasteiger partial charge in [0, 0.05) is 23.0 Å². The summed E-state index contributed by atoms with van der Waals surface area (Å²) in [7, 11) is 1.26. The molecule has 4 nitrogen and oxygen atoms in total. The summed E-state index contributed by atoms with van der Waals surface area (Å²) < 4.78 is 82.0. The fourth-order valence-corrected chi connectivity index (χ4v) is 4.15. The fraction of sp³-hybridized carbons (Fsp3) is 0.179. The van der Waals surface area contributed by atoms with Crippen LogP contribution < -0.4 is 4.74 Å². The maximum absolute atomic E-state index is 14.2. The predicted molar refractivity (Wildman–Crippen MR) is 128 cm³/mol. The van der Waals surface area contributed by atoms with Crippen LogP contribution in [0.5, 0.6) is 5.75 Å². The van der Waals surface area contributed by atoms with E-state index in [1.165, 1.54) is 31.4 Å². The molecule has 192 valence electrons. The lowest BCUT2D eigenvalue weighted by Crippen LogP contribution is -2.11. The van der Waals surface area contributed by atoms with Gasteiger partial charge in [-0.25, -0.2) is 13.6 Å². The van der Waals surface area contributed by atoms with Gasteiger partial charge < -0.3 is 14.0 Å². The molecule has 0 saturated heterocycles. The number of methoxy groups -OCH3 is 1. The van der Waals surface area contributed by atoms with Gasteiger partial charge in [0.25, 0.3) is 0 Å². The van der Waals surface area contributed by atoms with E-state index in [9.17, 15) is 26.7 Å². The summed E-state index contributed by atoms with van der Waals surface area (Å²) in [5.74, 6) is -2.29. The van der Waals surface area contributed by atoms with Crippen LogP contribution >= 0.6 is 0 Å². The summed E-state index contributed by atoms with van der Waals surface area (Å²) in [6.45, 7) is 3.02. The van der Waals surface area contributed by atoms with Gasteiger partial charge in [-0.3, -0.25) is 0 Å². The lowest BCUT2D eigenvalue weighted by molar-refractivity contribution is -0.137. The van der Waals surface area contributed by atoms with Crippen molar-refractivity contribution in [2.45, 2.75) is 26.6 Å². The van der Waals surface area contributed by atoms with Crippen LogP contribution in [0.1, 0.15) is 32.7 Å². The van der Waals surface area contributed by atoms with Crippen molar-refractivity contribution in [1.82, 2.24) is 4.57 Å². The number of aryl methyl sites for hydroxylation is 2. The molecule has 9 heteroatoms. The molecule has 3 aromatic carbocycles. The number of hydrogen-bond acceptors (Lipinski definition) is 3. The maximum atomic E-state index is 14.2. The molecule has 0 aliphatic heterocycles. The molecule has 1 aromatic heterocycles. The summed E-state index contributed by atoms with van der Waals surface area (Å²) in [4.78, 5) is 12.0. The van der Waals surface area contributed by atoms with Crippen LogP contribution in [0.3, 0.4) is 0 Å². The highest BCUT2D eigenvalue weighted by atomic mass is 19.4. The van der Waals surface area contributed by atoms with Crippen LogP contribution in [0.4, 0.5) is 22.0 Å². The molecule has 37 heavy (non-hydrogen) atoms. The Labute approximate surface area is 209 Å². The minimum absolute atomic E-state index is 0.00894. The van der Waals surface area contributed by atoms with Gasteiger partial charge in [-0.2, -0.15) is 13.2 Å². The molecule has 0 radical (unpaired) electrons. The highest BCUT2D eigenvalue weighted by Crippen LogP contribution is 2.43. The lowest BCUT2D eigenvalue weighted by atomic mass is 10.0. The summed E-state index contributed by atoms with van der Waals surface area (Å²) in [5, 5.41) is 0. The number of carbonyl (C=O) groups is 1. The zero-order chi connectivity index (χ0) is 26.9. The second kappa shape index (κ2) is 10.1. The molecule has 0 aliphatic rings. The lowest BCUT2D eigenvalue weighted by Gasteiger charge is -2.20. The SMILES string of the molecule is COC(=O)c1ccc(-n2c(C)ccc2-c2c(OCc3ccc(F)cc3F)cccc2C(F)(F)F)cc1C. The van der Waals surface area contributed by atoms with Crippen LogP contribution in [0, 0.1) is 25.5 Å². The predicted octanol–water partition coefficient (Wildman–Crippen LogP) is 7.42. The molecular formula is C28H22F5NO3. The highest BCUT2D eigenvalue weighted by molar-refractivity contribution is 5.91. The van der Waals surface area contributed by atoms with Crippen molar-refractivity contribution in [3.05, 3.63) is 106 Å². The molecule has 0 amide bonds. The molecular weight excluding hydrogens is 493 g/mol. The highest BCUT2D eigenvalue weighted by Gasteiger charge is 2.36. The molecule has 1 heterocycles. The van der Waals surface area contributed by atoms with E-state index in [-0.39, 0.29) is 22.6 Å². The summed E-state index contributed by atoms with van der Waals surface area (Å²) in [6.07, 6.45) is -4.72. The third-order valence-corrected chi connectivity index (χ3v) is 5.94. The number of benzene rings is 3. The van der Waals surface area contributed by atoms with Crippen molar-refractivity contribution in [2.75, 3.05) is 7.11 Å². The van der Waals surface area contributed by atoms with E-state index in [0.29, 0.717) is 28.6 Å². The van der Waals surface area contributed by atoms with Gasteiger partial charge in [0.15, 0.2) is 0 Å². The van der Waals surface area contributed by atoms with E-state index < -0.39 is 36.0 Å². The standard InChI is InChI=1S/C28H22F5NO3/c1-16-13-20(10-11-21(16)27(35)36-3)34-17(2)7-12-24(34)26-22(28(31,32)33)5-4-6-25(26)37-15-18-8-9-19(29)14-23(18)30/h4-14H,15H2,1-3H3. The Morgan fingerprint density at radius 2 is 1.70 bits per heavy atom. The van der Waals surface area contributed by atoms with Gasteiger partial charge in [0.2, 0.25) is 0 Å². The van der Waals surface area contributed by atoms with Gasteiger partial charge in [0.1, 0.15) is 24.0 Å². The number of aromatic nitrogens is 1. The van der Waals surface area contributed by atoms with Crippen molar-refractivity contribution in [2.24, 2.45) is 0 Å². The average molecular weight is 515 g/mol. The van der Waals surface area contributed by atoms with E-state index in [4.69, 9.17) is 9.47 Å². The Balaban J connectivity index is 1.85. The Kier molecular flexibility index (Phi) is 7.07. The van der Waals surface area contributed by atoms with Crippen LogP contribution in [0.15, 0.2) is 66.7 Å². The molecule has 4 aromatic rings. The van der Waals surface area contributed by atoms with Crippen molar-refractivity contribution < 1.29 is 36.2 Å². The van der Waals surface area contributed by atoms with Crippen molar-refractivity contribution in [1.29, 1.82) is 0 Å². The van der Waals surface area contributed by atoms with E-state index in [0.717, 1.165) is 12.1 Å². The van der Waals surface area contributed by atoms with Crippen LogP contribution in [0.2, 0.25) is 0 Å². The molecule has 0 bridgehead atoms. The van der Waals surface area contributed by atoms with Crippen LogP contribution in [-0.4, -0.2) is 17.6 Å². The smallest absolute Gasteiger partial charge is 0.417 e. The maximum Gasteiger partial charge on any atom is 0.417 e. The number of esters is 1. The number of nitrogens with zero attached hydrogens (tertiary/aromatic N) is 1. The number of alkyl halides is 3. The molecule has 4 rings (SSSR count). The quantitative estimate of drug-likeness (QED) is 0.198. The summed E-state index contributed by atoms with van der Waals surface area (Å²) in [5.41, 5.74) is 1.07. The van der Waals surface area contributed by atoms with Crippen LogP contribution in [-0.2, 0) is 17.5 Å². The number of halogens is 5. The number of ether oxygens (including phenoxy) is 2. The Hall–Kier alpha value is -4.14. The minimum Gasteiger partial charge on any atom is -0.488 e. The average Bonchev–Trinajstić information content (AvgIpc) is 3.23. The minimum atomic E-state index is -4.72. The van der Waals surface area contributed by atoms with E-state index >= 15 is 0 Å². The zero-order valence-electron chi connectivity index (χ0n) is 20.1. The fourth-order valence-electron chi connectivity index (χ4n) is 4.15. The van der Waals surface area contributed by atoms with Crippen molar-refractivity contribution in [3.8, 4) is 22.7 Å². The number of carbonyl (C=O) groups excluding carboxylic acids is 1. The van der Waals surface area contributed by atoms with Crippen molar-refractivity contribution in [3.63, 3.8) is 0 Å². The molecule has 0 aliphatic carbocycles. The van der Waals surface area contributed by atoms with Gasteiger partial charge in [-0.15, -0.1) is 0 Å². The topological polar surface area (TPSA) is 40.5 Å². The first-order valence-electron chi connectivity index (χ1n) is 11.2. The summed E-state index contributed by atoms with van der Waals surface area (Å²) >= 11 is 0. The van der Waals surface area contributed by atoms with Crippen LogP contribution in [0.25, 0.3) is 16.9 Å². The van der Waals surface area contributed by atoms with Gasteiger partial charge in [-0.05, 0) is 74.0 Å². The van der Waals surface area contributed by atoms with Gasteiger partial charge in [0.05, 0.1) is 29.5 Å². The molecule has 0 saturated carbocycles. The monoisotopic (exact) mass is 515 g/mol. The van der Waals surface area contributed by atoms with Gasteiger partial charge in [-0.1, -0.05) is 6.07 Å². The normalized spacial score (nSPS) is 11.5. The van der Waals surface area contributed by atoms with E-state index in [2.05, 4.69) is 0 Å². The molecule has 0 fully saturated rings. The third kappa shape index (κ3) is 5.21. The molecule has 0 unspecified atom stereocenters. The Morgan fingerprint density at radius 1 is 0.946 bits per heavy atom. The third-order valence-electron chi connectivity index (χ3n) is 5.94. The Bertz CT molecular complexity index is 1470. The number of rotatable bonds is 6. The van der Waals surface area contributed by atoms with E-state index in [1.54, 1.807) is 42.7 Å². The van der Waals surface area contributed by atoms with Crippen molar-refractivity contribution >= 4 is 5.97 Å².